The van der Waals surface area contributed by atoms with E-state index in [1.807, 2.05) is 29.4 Å². The fourth-order valence-electron chi connectivity index (χ4n) is 1.70. The molecule has 0 aromatic carbocycles. The smallest absolute Gasteiger partial charge is 0.0957 e. The summed E-state index contributed by atoms with van der Waals surface area (Å²) in [7, 11) is 0. The van der Waals surface area contributed by atoms with Crippen LogP contribution in [0.15, 0.2) is 24.5 Å². The van der Waals surface area contributed by atoms with E-state index >= 15 is 0 Å². The zero-order valence-corrected chi connectivity index (χ0v) is 8.13. The van der Waals surface area contributed by atoms with E-state index in [0.29, 0.717) is 0 Å². The third kappa shape index (κ3) is 2.02. The Bertz CT molecular complexity index is 270. The number of piperazine rings is 1. The molecule has 1 aromatic rings. The van der Waals surface area contributed by atoms with Crippen LogP contribution in [0.5, 0.6) is 0 Å². The standard InChI is InChI=1S/C10H15N3O/c14-9-12-5-7-13(8-6-12)10-1-3-11-4-2-10/h1-4,14H,5-9H2. The first-order valence-corrected chi connectivity index (χ1v) is 4.88. The van der Waals surface area contributed by atoms with Crippen LogP contribution in [0.2, 0.25) is 0 Å². The lowest BCUT2D eigenvalue weighted by Gasteiger charge is -2.34. The van der Waals surface area contributed by atoms with Crippen molar-refractivity contribution in [3.63, 3.8) is 0 Å². The van der Waals surface area contributed by atoms with E-state index in [1.54, 1.807) is 0 Å². The Morgan fingerprint density at radius 3 is 2.36 bits per heavy atom. The van der Waals surface area contributed by atoms with E-state index in [9.17, 15) is 0 Å². The molecule has 0 radical (unpaired) electrons. The second-order valence-corrected chi connectivity index (χ2v) is 3.45. The van der Waals surface area contributed by atoms with Crippen LogP contribution in [0.4, 0.5) is 5.69 Å². The Morgan fingerprint density at radius 1 is 1.14 bits per heavy atom. The van der Waals surface area contributed by atoms with Gasteiger partial charge in [0.05, 0.1) is 6.73 Å². The Balaban J connectivity index is 1.96. The van der Waals surface area contributed by atoms with E-state index in [4.69, 9.17) is 5.11 Å². The third-order valence-corrected chi connectivity index (χ3v) is 2.60. The molecule has 1 aliphatic rings. The molecular formula is C10H15N3O. The van der Waals surface area contributed by atoms with Crippen LogP contribution in [0, 0.1) is 0 Å². The zero-order chi connectivity index (χ0) is 9.80. The van der Waals surface area contributed by atoms with Crippen LogP contribution < -0.4 is 4.90 Å². The minimum atomic E-state index is 0.171. The van der Waals surface area contributed by atoms with E-state index in [2.05, 4.69) is 9.88 Å². The van der Waals surface area contributed by atoms with E-state index < -0.39 is 0 Å². The molecule has 1 N–H and O–H groups in total. The van der Waals surface area contributed by atoms with Gasteiger partial charge in [-0.05, 0) is 12.1 Å². The average Bonchev–Trinajstić information content (AvgIpc) is 2.30. The van der Waals surface area contributed by atoms with Gasteiger partial charge in [-0.25, -0.2) is 0 Å². The molecule has 0 spiro atoms. The van der Waals surface area contributed by atoms with Crippen molar-refractivity contribution in [1.82, 2.24) is 9.88 Å². The summed E-state index contributed by atoms with van der Waals surface area (Å²) in [6.45, 7) is 3.98. The number of nitrogens with zero attached hydrogens (tertiary/aromatic N) is 3. The molecule has 0 aliphatic carbocycles. The molecule has 4 heteroatoms. The first-order valence-electron chi connectivity index (χ1n) is 4.88. The Labute approximate surface area is 83.8 Å². The summed E-state index contributed by atoms with van der Waals surface area (Å²) >= 11 is 0. The fraction of sp³-hybridized carbons (Fsp3) is 0.500. The van der Waals surface area contributed by atoms with Gasteiger partial charge in [-0.15, -0.1) is 0 Å². The minimum Gasteiger partial charge on any atom is -0.381 e. The van der Waals surface area contributed by atoms with Crippen molar-refractivity contribution in [1.29, 1.82) is 0 Å². The van der Waals surface area contributed by atoms with Gasteiger partial charge in [-0.3, -0.25) is 9.88 Å². The maximum atomic E-state index is 8.95. The molecule has 1 fully saturated rings. The van der Waals surface area contributed by atoms with Crippen LogP contribution in [0.3, 0.4) is 0 Å². The van der Waals surface area contributed by atoms with Crippen LogP contribution in [0.25, 0.3) is 0 Å². The van der Waals surface area contributed by atoms with Crippen molar-refractivity contribution >= 4 is 5.69 Å². The first-order chi connectivity index (χ1) is 6.90. The van der Waals surface area contributed by atoms with Crippen LogP contribution in [-0.4, -0.2) is 47.9 Å². The quantitative estimate of drug-likeness (QED) is 0.726. The molecule has 1 aromatic heterocycles. The number of anilines is 1. The van der Waals surface area contributed by atoms with Gasteiger partial charge in [0.1, 0.15) is 0 Å². The topological polar surface area (TPSA) is 39.6 Å². The van der Waals surface area contributed by atoms with Crippen LogP contribution in [0.1, 0.15) is 0 Å². The molecule has 14 heavy (non-hydrogen) atoms. The van der Waals surface area contributed by atoms with Crippen molar-refractivity contribution in [2.45, 2.75) is 0 Å². The molecule has 76 valence electrons. The van der Waals surface area contributed by atoms with Crippen molar-refractivity contribution in [2.75, 3.05) is 37.8 Å². The summed E-state index contributed by atoms with van der Waals surface area (Å²) in [5, 5.41) is 8.95. The first kappa shape index (κ1) is 9.43. The number of pyridine rings is 1. The predicted molar refractivity (Wildman–Crippen MR) is 55.1 cm³/mol. The van der Waals surface area contributed by atoms with E-state index in [0.717, 1.165) is 26.2 Å². The number of hydrogen-bond acceptors (Lipinski definition) is 4. The van der Waals surface area contributed by atoms with Gasteiger partial charge in [0.25, 0.3) is 0 Å². The SMILES string of the molecule is OCN1CCN(c2ccncc2)CC1. The van der Waals surface area contributed by atoms with Gasteiger partial charge in [0, 0.05) is 44.3 Å². The maximum absolute atomic E-state index is 8.95. The Hall–Kier alpha value is -1.13. The lowest BCUT2D eigenvalue weighted by Crippen LogP contribution is -2.46. The number of rotatable bonds is 2. The molecule has 0 bridgehead atoms. The summed E-state index contributed by atoms with van der Waals surface area (Å²) in [6.07, 6.45) is 3.63. The summed E-state index contributed by atoms with van der Waals surface area (Å²) in [4.78, 5) is 8.35. The molecule has 0 amide bonds. The molecule has 1 aliphatic heterocycles. The monoisotopic (exact) mass is 193 g/mol. The second kappa shape index (κ2) is 4.39. The highest BCUT2D eigenvalue weighted by Gasteiger charge is 2.15. The highest BCUT2D eigenvalue weighted by molar-refractivity contribution is 5.44. The molecule has 2 heterocycles. The third-order valence-electron chi connectivity index (χ3n) is 2.60. The number of hydrogen-bond donors (Lipinski definition) is 1. The van der Waals surface area contributed by atoms with Crippen LogP contribution >= 0.6 is 0 Å². The summed E-state index contributed by atoms with van der Waals surface area (Å²) in [5.74, 6) is 0. The minimum absolute atomic E-state index is 0.171. The zero-order valence-electron chi connectivity index (χ0n) is 8.13. The molecule has 1 saturated heterocycles. The summed E-state index contributed by atoms with van der Waals surface area (Å²) < 4.78 is 0. The highest BCUT2D eigenvalue weighted by Crippen LogP contribution is 2.13. The van der Waals surface area contributed by atoms with Gasteiger partial charge < -0.3 is 10.0 Å². The molecule has 2 rings (SSSR count). The fourth-order valence-corrected chi connectivity index (χ4v) is 1.70. The molecule has 4 nitrogen and oxygen atoms in total. The Kier molecular flexibility index (Phi) is 2.96. The maximum Gasteiger partial charge on any atom is 0.0957 e. The molecule has 0 saturated carbocycles. The second-order valence-electron chi connectivity index (χ2n) is 3.45. The van der Waals surface area contributed by atoms with Crippen molar-refractivity contribution in [3.8, 4) is 0 Å². The van der Waals surface area contributed by atoms with Crippen LogP contribution in [-0.2, 0) is 0 Å². The molecule has 0 atom stereocenters. The van der Waals surface area contributed by atoms with Crippen molar-refractivity contribution < 1.29 is 5.11 Å². The largest absolute Gasteiger partial charge is 0.381 e. The number of aliphatic hydroxyl groups is 1. The predicted octanol–water partition coefficient (Wildman–Crippen LogP) is 0.153. The lowest BCUT2D eigenvalue weighted by molar-refractivity contribution is 0.102. The molecule has 0 unspecified atom stereocenters. The van der Waals surface area contributed by atoms with Crippen molar-refractivity contribution in [3.05, 3.63) is 24.5 Å². The van der Waals surface area contributed by atoms with Gasteiger partial charge in [0.2, 0.25) is 0 Å². The van der Waals surface area contributed by atoms with E-state index in [1.165, 1.54) is 5.69 Å². The van der Waals surface area contributed by atoms with Gasteiger partial charge in [0.15, 0.2) is 0 Å². The highest BCUT2D eigenvalue weighted by atomic mass is 16.3. The Morgan fingerprint density at radius 2 is 1.79 bits per heavy atom. The molecular weight excluding hydrogens is 178 g/mol. The van der Waals surface area contributed by atoms with Gasteiger partial charge >= 0.3 is 0 Å². The van der Waals surface area contributed by atoms with E-state index in [-0.39, 0.29) is 6.73 Å². The van der Waals surface area contributed by atoms with Crippen molar-refractivity contribution in [2.24, 2.45) is 0 Å². The number of aromatic nitrogens is 1. The van der Waals surface area contributed by atoms with Gasteiger partial charge in [-0.2, -0.15) is 0 Å². The number of aliphatic hydroxyl groups excluding tert-OH is 1. The summed E-state index contributed by atoms with van der Waals surface area (Å²) in [5.41, 5.74) is 1.22. The summed E-state index contributed by atoms with van der Waals surface area (Å²) in [6, 6.07) is 4.04. The average molecular weight is 193 g/mol. The van der Waals surface area contributed by atoms with Gasteiger partial charge in [-0.1, -0.05) is 0 Å². The normalized spacial score (nSPS) is 18.5. The lowest BCUT2D eigenvalue weighted by atomic mass is 10.3.